The summed E-state index contributed by atoms with van der Waals surface area (Å²) in [5, 5.41) is 22.7. The van der Waals surface area contributed by atoms with E-state index < -0.39 is 11.9 Å². The van der Waals surface area contributed by atoms with E-state index in [0.29, 0.717) is 5.56 Å². The second-order valence-electron chi connectivity index (χ2n) is 6.89. The number of hydrogen-bond acceptors (Lipinski definition) is 3. The van der Waals surface area contributed by atoms with Crippen LogP contribution in [0.1, 0.15) is 55.8 Å². The third kappa shape index (κ3) is 2.39. The maximum Gasteiger partial charge on any atom is 0.336 e. The Morgan fingerprint density at radius 1 is 1.04 bits per heavy atom. The van der Waals surface area contributed by atoms with Gasteiger partial charge in [-0.15, -0.1) is 0 Å². The number of anilines is 1. The molecular formula is C21H19NO4. The second-order valence-corrected chi connectivity index (χ2v) is 6.89. The molecule has 0 aromatic heterocycles. The molecule has 0 fully saturated rings. The Labute approximate surface area is 151 Å². The zero-order valence-electron chi connectivity index (χ0n) is 14.3. The van der Waals surface area contributed by atoms with Crippen LogP contribution in [0.4, 0.5) is 5.69 Å². The normalized spacial score (nSPS) is 23.0. The summed E-state index contributed by atoms with van der Waals surface area (Å²) >= 11 is 0. The van der Waals surface area contributed by atoms with Crippen LogP contribution in [-0.2, 0) is 0 Å². The molecule has 0 radical (unpaired) electrons. The highest BCUT2D eigenvalue weighted by Gasteiger charge is 2.41. The maximum atomic E-state index is 11.7. The number of rotatable bonds is 3. The number of carboxylic acid groups (broad SMARTS) is 2. The van der Waals surface area contributed by atoms with E-state index in [1.165, 1.54) is 0 Å². The number of benzene rings is 2. The van der Waals surface area contributed by atoms with Gasteiger partial charge in [0, 0.05) is 11.6 Å². The van der Waals surface area contributed by atoms with Gasteiger partial charge in [0.05, 0.1) is 17.2 Å². The Morgan fingerprint density at radius 2 is 1.77 bits per heavy atom. The second kappa shape index (κ2) is 6.02. The van der Waals surface area contributed by atoms with Crippen LogP contribution in [0.2, 0.25) is 0 Å². The number of fused-ring (bicyclic) bond motifs is 3. The zero-order chi connectivity index (χ0) is 18.4. The lowest BCUT2D eigenvalue weighted by Gasteiger charge is -2.39. The summed E-state index contributed by atoms with van der Waals surface area (Å²) in [6, 6.07) is 10.3. The van der Waals surface area contributed by atoms with E-state index in [2.05, 4.69) is 17.5 Å². The van der Waals surface area contributed by atoms with Crippen LogP contribution in [0, 0.1) is 12.8 Å². The zero-order valence-corrected chi connectivity index (χ0v) is 14.3. The van der Waals surface area contributed by atoms with E-state index in [-0.39, 0.29) is 23.4 Å². The van der Waals surface area contributed by atoms with Gasteiger partial charge in [0.15, 0.2) is 0 Å². The average molecular weight is 349 g/mol. The number of aromatic carboxylic acids is 2. The van der Waals surface area contributed by atoms with Gasteiger partial charge >= 0.3 is 11.9 Å². The van der Waals surface area contributed by atoms with Crippen molar-refractivity contribution in [2.75, 3.05) is 5.32 Å². The van der Waals surface area contributed by atoms with E-state index in [4.69, 9.17) is 0 Å². The first-order chi connectivity index (χ1) is 12.5. The van der Waals surface area contributed by atoms with Gasteiger partial charge in [-0.05, 0) is 48.1 Å². The lowest BCUT2D eigenvalue weighted by atomic mass is 9.74. The van der Waals surface area contributed by atoms with Gasteiger partial charge in [-0.1, -0.05) is 36.4 Å². The number of carbonyl (C=O) groups is 2. The van der Waals surface area contributed by atoms with Crippen LogP contribution in [-0.4, -0.2) is 22.2 Å². The van der Waals surface area contributed by atoms with Crippen molar-refractivity contribution in [2.45, 2.75) is 25.3 Å². The van der Waals surface area contributed by atoms with E-state index in [0.717, 1.165) is 28.8 Å². The van der Waals surface area contributed by atoms with Crippen LogP contribution < -0.4 is 5.32 Å². The highest BCUT2D eigenvalue weighted by molar-refractivity contribution is 5.93. The number of carboxylic acids is 2. The smallest absolute Gasteiger partial charge is 0.336 e. The number of aryl methyl sites for hydroxylation is 1. The molecule has 2 aromatic carbocycles. The van der Waals surface area contributed by atoms with Crippen molar-refractivity contribution in [3.63, 3.8) is 0 Å². The Bertz CT molecular complexity index is 947. The molecule has 0 bridgehead atoms. The van der Waals surface area contributed by atoms with E-state index in [1.54, 1.807) is 24.3 Å². The largest absolute Gasteiger partial charge is 0.478 e. The monoisotopic (exact) mass is 349 g/mol. The topological polar surface area (TPSA) is 86.6 Å². The minimum atomic E-state index is -0.952. The SMILES string of the molecule is Cc1ccc(C(=O)O)c2c1N[C@H](c1ccccc1C(=O)O)[C@@H]1CC=C[C@H]21. The van der Waals surface area contributed by atoms with Crippen LogP contribution >= 0.6 is 0 Å². The van der Waals surface area contributed by atoms with Crippen molar-refractivity contribution in [1.82, 2.24) is 0 Å². The van der Waals surface area contributed by atoms with Gasteiger partial charge in [0.25, 0.3) is 0 Å². The molecular weight excluding hydrogens is 330 g/mol. The molecule has 0 spiro atoms. The molecule has 1 heterocycles. The minimum Gasteiger partial charge on any atom is -0.478 e. The van der Waals surface area contributed by atoms with Crippen molar-refractivity contribution in [3.05, 3.63) is 76.4 Å². The molecule has 2 aromatic rings. The summed E-state index contributed by atoms with van der Waals surface area (Å²) in [7, 11) is 0. The Hall–Kier alpha value is -3.08. The summed E-state index contributed by atoms with van der Waals surface area (Å²) in [6.07, 6.45) is 4.91. The fourth-order valence-corrected chi connectivity index (χ4v) is 4.31. The molecule has 1 aliphatic heterocycles. The molecule has 1 aliphatic carbocycles. The quantitative estimate of drug-likeness (QED) is 0.722. The predicted octanol–water partition coefficient (Wildman–Crippen LogP) is 4.22. The Balaban J connectivity index is 1.90. The highest BCUT2D eigenvalue weighted by atomic mass is 16.4. The molecule has 5 heteroatoms. The first-order valence-corrected chi connectivity index (χ1v) is 8.61. The number of nitrogens with one attached hydrogen (secondary N) is 1. The molecule has 132 valence electrons. The lowest BCUT2D eigenvalue weighted by Crippen LogP contribution is -2.32. The molecule has 0 saturated carbocycles. The third-order valence-electron chi connectivity index (χ3n) is 5.48. The minimum absolute atomic E-state index is 0.0379. The average Bonchev–Trinajstić information content (AvgIpc) is 3.11. The molecule has 0 amide bonds. The molecule has 5 nitrogen and oxygen atoms in total. The summed E-state index contributed by atoms with van der Waals surface area (Å²) in [5.41, 5.74) is 3.91. The maximum absolute atomic E-state index is 11.7. The van der Waals surface area contributed by atoms with Gasteiger partial charge in [-0.2, -0.15) is 0 Å². The molecule has 3 atom stereocenters. The van der Waals surface area contributed by atoms with E-state index in [9.17, 15) is 19.8 Å². The number of hydrogen-bond donors (Lipinski definition) is 3. The Kier molecular flexibility index (Phi) is 3.80. The lowest BCUT2D eigenvalue weighted by molar-refractivity contribution is 0.0685. The van der Waals surface area contributed by atoms with E-state index >= 15 is 0 Å². The molecule has 4 rings (SSSR count). The van der Waals surface area contributed by atoms with Crippen molar-refractivity contribution in [1.29, 1.82) is 0 Å². The molecule has 2 aliphatic rings. The first-order valence-electron chi connectivity index (χ1n) is 8.61. The van der Waals surface area contributed by atoms with Crippen molar-refractivity contribution in [2.24, 2.45) is 5.92 Å². The van der Waals surface area contributed by atoms with Crippen molar-refractivity contribution < 1.29 is 19.8 Å². The Morgan fingerprint density at radius 3 is 2.50 bits per heavy atom. The van der Waals surface area contributed by atoms with Gasteiger partial charge < -0.3 is 15.5 Å². The highest BCUT2D eigenvalue weighted by Crippen LogP contribution is 2.52. The van der Waals surface area contributed by atoms with Crippen LogP contribution in [0.15, 0.2) is 48.6 Å². The molecule has 3 N–H and O–H groups in total. The van der Waals surface area contributed by atoms with Crippen LogP contribution in [0.25, 0.3) is 0 Å². The van der Waals surface area contributed by atoms with Gasteiger partial charge in [0.1, 0.15) is 0 Å². The van der Waals surface area contributed by atoms with E-state index in [1.807, 2.05) is 19.1 Å². The predicted molar refractivity (Wildman–Crippen MR) is 97.9 cm³/mol. The summed E-state index contributed by atoms with van der Waals surface area (Å²) in [5.74, 6) is -1.84. The van der Waals surface area contributed by atoms with Gasteiger partial charge in [0.2, 0.25) is 0 Å². The standard InChI is InChI=1S/C21H19NO4/c1-11-9-10-16(21(25)26)17-12-7-4-8-13(12)19(22-18(11)17)14-5-2-3-6-15(14)20(23)24/h2-7,9-10,12-13,19,22H,8H2,1H3,(H,23,24)(H,25,26)/t12-,13+,19-/m0/s1. The van der Waals surface area contributed by atoms with Crippen LogP contribution in [0.3, 0.4) is 0 Å². The summed E-state index contributed by atoms with van der Waals surface area (Å²) < 4.78 is 0. The van der Waals surface area contributed by atoms with Crippen molar-refractivity contribution >= 4 is 17.6 Å². The van der Waals surface area contributed by atoms with Gasteiger partial charge in [-0.3, -0.25) is 0 Å². The molecule has 0 saturated heterocycles. The van der Waals surface area contributed by atoms with Crippen molar-refractivity contribution in [3.8, 4) is 0 Å². The summed E-state index contributed by atoms with van der Waals surface area (Å²) in [4.78, 5) is 23.4. The fourth-order valence-electron chi connectivity index (χ4n) is 4.31. The van der Waals surface area contributed by atoms with Crippen LogP contribution in [0.5, 0.6) is 0 Å². The number of allylic oxidation sites excluding steroid dienone is 2. The summed E-state index contributed by atoms with van der Waals surface area (Å²) in [6.45, 7) is 1.94. The first kappa shape index (κ1) is 16.4. The molecule has 0 unspecified atom stereocenters. The molecule has 26 heavy (non-hydrogen) atoms. The fraction of sp³-hybridized carbons (Fsp3) is 0.238. The van der Waals surface area contributed by atoms with Gasteiger partial charge in [-0.25, -0.2) is 9.59 Å². The third-order valence-corrected chi connectivity index (χ3v) is 5.48.